The molecular weight excluding hydrogens is 258 g/mol. The number of nitrogens with zero attached hydrogens (tertiary/aromatic N) is 2. The smallest absolute Gasteiger partial charge is 0.0645 e. The molecule has 0 amide bonds. The first kappa shape index (κ1) is 13.8. The van der Waals surface area contributed by atoms with Crippen LogP contribution < -0.4 is 15.5 Å². The maximum atomic E-state index is 6.33. The molecule has 1 fully saturated rings. The minimum atomic E-state index is 0.852. The Labute approximate surface area is 127 Å². The monoisotopic (exact) mass is 281 g/mol. The molecule has 0 atom stereocenters. The lowest BCUT2D eigenvalue weighted by atomic mass is 10.2. The van der Waals surface area contributed by atoms with Crippen LogP contribution in [-0.4, -0.2) is 19.6 Å². The zero-order valence-electron chi connectivity index (χ0n) is 12.6. The molecule has 2 aromatic rings. The van der Waals surface area contributed by atoms with E-state index in [4.69, 9.17) is 5.73 Å². The van der Waals surface area contributed by atoms with Gasteiger partial charge in [0.2, 0.25) is 0 Å². The van der Waals surface area contributed by atoms with Gasteiger partial charge in [0.05, 0.1) is 11.4 Å². The van der Waals surface area contributed by atoms with Crippen LogP contribution >= 0.6 is 0 Å². The highest BCUT2D eigenvalue weighted by atomic mass is 15.2. The van der Waals surface area contributed by atoms with E-state index in [2.05, 4.69) is 59.2 Å². The molecule has 0 unspecified atom stereocenters. The van der Waals surface area contributed by atoms with Gasteiger partial charge < -0.3 is 15.5 Å². The zero-order chi connectivity index (χ0) is 14.7. The molecule has 1 aliphatic rings. The van der Waals surface area contributed by atoms with E-state index < -0.39 is 0 Å². The van der Waals surface area contributed by atoms with Crippen LogP contribution in [0.4, 0.5) is 22.7 Å². The van der Waals surface area contributed by atoms with Crippen LogP contribution in [0, 0.1) is 0 Å². The van der Waals surface area contributed by atoms with Crippen LogP contribution in [0.25, 0.3) is 0 Å². The van der Waals surface area contributed by atoms with Gasteiger partial charge in [-0.1, -0.05) is 18.2 Å². The van der Waals surface area contributed by atoms with Crippen molar-refractivity contribution in [3.05, 3.63) is 48.5 Å². The highest BCUT2D eigenvalue weighted by molar-refractivity contribution is 5.78. The SMILES string of the molecule is CCN(c1ccccc1)c1ccc(N2CCCC2)cc1N. The van der Waals surface area contributed by atoms with Gasteiger partial charge >= 0.3 is 0 Å². The maximum Gasteiger partial charge on any atom is 0.0645 e. The quantitative estimate of drug-likeness (QED) is 0.859. The molecule has 21 heavy (non-hydrogen) atoms. The van der Waals surface area contributed by atoms with Crippen LogP contribution in [0.2, 0.25) is 0 Å². The van der Waals surface area contributed by atoms with E-state index in [0.29, 0.717) is 0 Å². The summed E-state index contributed by atoms with van der Waals surface area (Å²) in [6, 6.07) is 16.9. The number of nitrogens with two attached hydrogens (primary N) is 1. The molecule has 0 aliphatic carbocycles. The third-order valence-electron chi connectivity index (χ3n) is 4.16. The number of para-hydroxylation sites is 1. The van der Waals surface area contributed by atoms with Crippen molar-refractivity contribution in [1.82, 2.24) is 0 Å². The molecule has 0 bridgehead atoms. The summed E-state index contributed by atoms with van der Waals surface area (Å²) in [4.78, 5) is 4.67. The van der Waals surface area contributed by atoms with E-state index in [0.717, 1.165) is 31.0 Å². The zero-order valence-corrected chi connectivity index (χ0v) is 12.6. The van der Waals surface area contributed by atoms with Gasteiger partial charge in [-0.15, -0.1) is 0 Å². The average Bonchev–Trinajstić information content (AvgIpc) is 3.05. The Morgan fingerprint density at radius 1 is 1.05 bits per heavy atom. The van der Waals surface area contributed by atoms with Gasteiger partial charge in [-0.2, -0.15) is 0 Å². The first-order valence-electron chi connectivity index (χ1n) is 7.76. The lowest BCUT2D eigenvalue weighted by molar-refractivity contribution is 0.949. The van der Waals surface area contributed by atoms with Gasteiger partial charge in [-0.3, -0.25) is 0 Å². The Hall–Kier alpha value is -2.16. The molecule has 0 spiro atoms. The molecule has 1 saturated heterocycles. The Bertz CT molecular complexity index is 589. The molecule has 3 rings (SSSR count). The van der Waals surface area contributed by atoms with Crippen molar-refractivity contribution in [3.8, 4) is 0 Å². The van der Waals surface area contributed by atoms with E-state index >= 15 is 0 Å². The molecule has 3 nitrogen and oxygen atoms in total. The second-order valence-corrected chi connectivity index (χ2v) is 5.52. The van der Waals surface area contributed by atoms with E-state index in [1.165, 1.54) is 24.2 Å². The molecule has 2 N–H and O–H groups in total. The first-order chi connectivity index (χ1) is 10.3. The van der Waals surface area contributed by atoms with Crippen molar-refractivity contribution in [2.24, 2.45) is 0 Å². The van der Waals surface area contributed by atoms with Gasteiger partial charge in [-0.05, 0) is 50.1 Å². The fourth-order valence-electron chi connectivity index (χ4n) is 3.06. The van der Waals surface area contributed by atoms with E-state index in [1.807, 2.05) is 6.07 Å². The normalized spacial score (nSPS) is 14.4. The van der Waals surface area contributed by atoms with Gasteiger partial charge in [-0.25, -0.2) is 0 Å². The molecule has 2 aromatic carbocycles. The highest BCUT2D eigenvalue weighted by Crippen LogP contribution is 2.33. The summed E-state index contributed by atoms with van der Waals surface area (Å²) >= 11 is 0. The van der Waals surface area contributed by atoms with E-state index in [9.17, 15) is 0 Å². The summed E-state index contributed by atoms with van der Waals surface area (Å²) in [5.41, 5.74) is 10.7. The van der Waals surface area contributed by atoms with Gasteiger partial charge in [0.15, 0.2) is 0 Å². The van der Waals surface area contributed by atoms with E-state index in [1.54, 1.807) is 0 Å². The van der Waals surface area contributed by atoms with Crippen molar-refractivity contribution < 1.29 is 0 Å². The fraction of sp³-hybridized carbons (Fsp3) is 0.333. The summed E-state index contributed by atoms with van der Waals surface area (Å²) in [6.45, 7) is 5.35. The number of hydrogen-bond acceptors (Lipinski definition) is 3. The minimum Gasteiger partial charge on any atom is -0.397 e. The van der Waals surface area contributed by atoms with Gasteiger partial charge in [0.25, 0.3) is 0 Å². The number of anilines is 4. The fourth-order valence-corrected chi connectivity index (χ4v) is 3.06. The van der Waals surface area contributed by atoms with Gasteiger partial charge in [0, 0.05) is 31.0 Å². The second kappa shape index (κ2) is 6.08. The predicted molar refractivity (Wildman–Crippen MR) is 91.4 cm³/mol. The third-order valence-corrected chi connectivity index (χ3v) is 4.16. The lowest BCUT2D eigenvalue weighted by Crippen LogP contribution is -2.20. The largest absolute Gasteiger partial charge is 0.397 e. The Kier molecular flexibility index (Phi) is 4.00. The number of nitrogen functional groups attached to an aromatic ring is 1. The summed E-state index contributed by atoms with van der Waals surface area (Å²) in [5.74, 6) is 0. The van der Waals surface area contributed by atoms with Crippen molar-refractivity contribution in [1.29, 1.82) is 0 Å². The summed E-state index contributed by atoms with van der Waals surface area (Å²) in [5, 5.41) is 0. The van der Waals surface area contributed by atoms with Crippen LogP contribution in [0.15, 0.2) is 48.5 Å². The summed E-state index contributed by atoms with van der Waals surface area (Å²) in [6.07, 6.45) is 2.57. The van der Waals surface area contributed by atoms with Crippen LogP contribution in [0.5, 0.6) is 0 Å². The molecule has 0 radical (unpaired) electrons. The predicted octanol–water partition coefficient (Wildman–Crippen LogP) is 4.03. The van der Waals surface area contributed by atoms with Crippen LogP contribution in [-0.2, 0) is 0 Å². The van der Waals surface area contributed by atoms with Crippen molar-refractivity contribution >= 4 is 22.7 Å². The molecule has 110 valence electrons. The molecule has 0 aromatic heterocycles. The first-order valence-corrected chi connectivity index (χ1v) is 7.76. The Morgan fingerprint density at radius 2 is 1.76 bits per heavy atom. The standard InChI is InChI=1S/C18H23N3/c1-2-21(15-8-4-3-5-9-15)18-11-10-16(14-17(18)19)20-12-6-7-13-20/h3-5,8-11,14H,2,6-7,12-13,19H2,1H3. The van der Waals surface area contributed by atoms with Crippen molar-refractivity contribution in [2.75, 3.05) is 35.2 Å². The second-order valence-electron chi connectivity index (χ2n) is 5.52. The van der Waals surface area contributed by atoms with Crippen LogP contribution in [0.1, 0.15) is 19.8 Å². The van der Waals surface area contributed by atoms with Crippen LogP contribution in [0.3, 0.4) is 0 Å². The van der Waals surface area contributed by atoms with Crippen molar-refractivity contribution in [3.63, 3.8) is 0 Å². The molecule has 0 saturated carbocycles. The van der Waals surface area contributed by atoms with Crippen molar-refractivity contribution in [2.45, 2.75) is 19.8 Å². The average molecular weight is 281 g/mol. The molecule has 1 heterocycles. The number of benzene rings is 2. The Morgan fingerprint density at radius 3 is 2.38 bits per heavy atom. The molecule has 1 aliphatic heterocycles. The summed E-state index contributed by atoms with van der Waals surface area (Å²) < 4.78 is 0. The third kappa shape index (κ3) is 2.82. The minimum absolute atomic E-state index is 0.852. The van der Waals surface area contributed by atoms with Gasteiger partial charge in [0.1, 0.15) is 0 Å². The highest BCUT2D eigenvalue weighted by Gasteiger charge is 2.15. The number of rotatable bonds is 4. The van der Waals surface area contributed by atoms with E-state index in [-0.39, 0.29) is 0 Å². The lowest BCUT2D eigenvalue weighted by Gasteiger charge is -2.26. The Balaban J connectivity index is 1.90. The molecular formula is C18H23N3. The molecule has 3 heteroatoms. The topological polar surface area (TPSA) is 32.5 Å². The number of hydrogen-bond donors (Lipinski definition) is 1. The summed E-state index contributed by atoms with van der Waals surface area (Å²) in [7, 11) is 0. The maximum absolute atomic E-state index is 6.33.